The summed E-state index contributed by atoms with van der Waals surface area (Å²) in [4.78, 5) is 9.06. The maximum atomic E-state index is 8.39. The Labute approximate surface area is 283 Å². The van der Waals surface area contributed by atoms with Crippen LogP contribution in [0.15, 0.2) is 89.6 Å². The molecule has 3 aromatic carbocycles. The first-order valence-corrected chi connectivity index (χ1v) is 18.3. The van der Waals surface area contributed by atoms with Crippen molar-refractivity contribution in [3.63, 3.8) is 0 Å². The van der Waals surface area contributed by atoms with Crippen molar-refractivity contribution in [1.82, 2.24) is 9.97 Å². The smallest absolute Gasteiger partial charge is 0.120 e. The van der Waals surface area contributed by atoms with Crippen LogP contribution in [0.2, 0.25) is 19.6 Å². The number of hydrogen-bond acceptors (Lipinski definition) is 3. The predicted molar refractivity (Wildman–Crippen MR) is 185 cm³/mol. The SMILES string of the molecule is CC(C)Cc1cc(-c2[c-]cccc2)ncc1[Si](C)(C)C.[2H]C([2H])([2H])c1cnc(-c2[c-]ccc3c2oc2ccccc23)cc1C([2H])(C)C.[Ir]. The number of aryl methyl sites for hydroxylation is 1. The molecule has 3 aromatic heterocycles. The van der Waals surface area contributed by atoms with E-state index in [9.17, 15) is 0 Å². The Balaban J connectivity index is 0.000000222. The fraction of sp³-hybridized carbons (Fsp3) is 0.282. The van der Waals surface area contributed by atoms with Crippen LogP contribution >= 0.6 is 0 Å². The molecule has 1 radical (unpaired) electrons. The molecule has 0 aliphatic rings. The van der Waals surface area contributed by atoms with Crippen LogP contribution in [0.1, 0.15) is 55.8 Å². The van der Waals surface area contributed by atoms with Crippen LogP contribution in [0, 0.1) is 24.9 Å². The van der Waals surface area contributed by atoms with Crippen LogP contribution < -0.4 is 5.19 Å². The summed E-state index contributed by atoms with van der Waals surface area (Å²) in [6.07, 6.45) is 4.59. The minimum atomic E-state index is -2.33. The summed E-state index contributed by atoms with van der Waals surface area (Å²) in [5.74, 6) is -0.413. The van der Waals surface area contributed by atoms with Crippen molar-refractivity contribution in [3.05, 3.63) is 114 Å². The number of para-hydroxylation sites is 1. The summed E-state index contributed by atoms with van der Waals surface area (Å²) < 4.78 is 37.7. The normalized spacial score (nSPS) is 13.4. The van der Waals surface area contributed by atoms with Gasteiger partial charge in [-0.05, 0) is 58.9 Å². The van der Waals surface area contributed by atoms with Gasteiger partial charge < -0.3 is 14.4 Å². The Hall–Kier alpha value is -3.37. The van der Waals surface area contributed by atoms with E-state index >= 15 is 0 Å². The third-order valence-electron chi connectivity index (χ3n) is 7.45. The molecular formula is C39H42IrN2OSi-2. The summed E-state index contributed by atoms with van der Waals surface area (Å²) in [7, 11) is -1.34. The number of aromatic nitrogens is 2. The van der Waals surface area contributed by atoms with Crippen molar-refractivity contribution in [3.8, 4) is 22.5 Å². The molecule has 229 valence electrons. The van der Waals surface area contributed by atoms with E-state index in [0.717, 1.165) is 34.0 Å². The van der Waals surface area contributed by atoms with Gasteiger partial charge in [-0.1, -0.05) is 94.2 Å². The van der Waals surface area contributed by atoms with E-state index in [1.807, 2.05) is 54.6 Å². The average Bonchev–Trinajstić information content (AvgIpc) is 3.39. The molecule has 0 spiro atoms. The monoisotopic (exact) mass is 779 g/mol. The molecule has 3 heterocycles. The molecule has 6 rings (SSSR count). The first-order valence-electron chi connectivity index (χ1n) is 16.8. The van der Waals surface area contributed by atoms with Gasteiger partial charge >= 0.3 is 0 Å². The predicted octanol–water partition coefficient (Wildman–Crippen LogP) is 10.2. The third-order valence-corrected chi connectivity index (χ3v) is 9.51. The molecule has 0 N–H and O–H groups in total. The van der Waals surface area contributed by atoms with Gasteiger partial charge in [0.25, 0.3) is 0 Å². The van der Waals surface area contributed by atoms with Crippen LogP contribution in [0.3, 0.4) is 0 Å². The van der Waals surface area contributed by atoms with Crippen molar-refractivity contribution in [2.75, 3.05) is 0 Å². The van der Waals surface area contributed by atoms with E-state index in [1.165, 1.54) is 16.9 Å². The van der Waals surface area contributed by atoms with E-state index in [0.29, 0.717) is 28.3 Å². The van der Waals surface area contributed by atoms with E-state index < -0.39 is 20.8 Å². The Kier molecular flexibility index (Phi) is 9.05. The Morgan fingerprint density at radius 3 is 2.30 bits per heavy atom. The second-order valence-corrected chi connectivity index (χ2v) is 17.7. The fourth-order valence-corrected chi connectivity index (χ4v) is 6.96. The van der Waals surface area contributed by atoms with Gasteiger partial charge in [-0.25, -0.2) is 0 Å². The molecule has 6 aromatic rings. The van der Waals surface area contributed by atoms with Gasteiger partial charge in [0.15, 0.2) is 0 Å². The number of rotatable bonds is 6. The molecular weight excluding hydrogens is 733 g/mol. The van der Waals surface area contributed by atoms with Gasteiger partial charge in [-0.3, -0.25) is 0 Å². The maximum absolute atomic E-state index is 8.39. The summed E-state index contributed by atoms with van der Waals surface area (Å²) in [5, 5.41) is 3.45. The van der Waals surface area contributed by atoms with Crippen LogP contribution in [-0.2, 0) is 26.5 Å². The number of benzene rings is 3. The molecule has 0 fully saturated rings. The molecule has 5 heteroatoms. The summed E-state index contributed by atoms with van der Waals surface area (Å²) in [5.41, 5.74) is 6.76. The number of hydrogen-bond donors (Lipinski definition) is 0. The van der Waals surface area contributed by atoms with Crippen molar-refractivity contribution in [2.24, 2.45) is 5.92 Å². The van der Waals surface area contributed by atoms with Crippen molar-refractivity contribution >= 4 is 35.2 Å². The summed E-state index contributed by atoms with van der Waals surface area (Å²) >= 11 is 0. The number of nitrogens with zero attached hydrogens (tertiary/aromatic N) is 2. The molecule has 0 bridgehead atoms. The van der Waals surface area contributed by atoms with Crippen molar-refractivity contribution < 1.29 is 30.0 Å². The van der Waals surface area contributed by atoms with Gasteiger partial charge in [0.1, 0.15) is 5.58 Å². The zero-order valence-corrected chi connectivity index (χ0v) is 29.9. The first kappa shape index (κ1) is 28.1. The first-order chi connectivity index (χ1) is 22.0. The minimum absolute atomic E-state index is 0. The minimum Gasteiger partial charge on any atom is -0.501 e. The van der Waals surface area contributed by atoms with Crippen LogP contribution in [-0.4, -0.2) is 18.0 Å². The van der Waals surface area contributed by atoms with Crippen LogP contribution in [0.4, 0.5) is 0 Å². The molecule has 0 saturated heterocycles. The quantitative estimate of drug-likeness (QED) is 0.125. The molecule has 3 nitrogen and oxygen atoms in total. The maximum Gasteiger partial charge on any atom is 0.120 e. The van der Waals surface area contributed by atoms with Gasteiger partial charge in [-0.2, -0.15) is 0 Å². The molecule has 0 atom stereocenters. The van der Waals surface area contributed by atoms with Crippen molar-refractivity contribution in [1.29, 1.82) is 0 Å². The van der Waals surface area contributed by atoms with Crippen LogP contribution in [0.5, 0.6) is 0 Å². The molecule has 0 unspecified atom stereocenters. The Morgan fingerprint density at radius 1 is 0.864 bits per heavy atom. The number of pyridine rings is 2. The Bertz CT molecular complexity index is 2010. The zero-order valence-electron chi connectivity index (χ0n) is 30.5. The van der Waals surface area contributed by atoms with E-state index in [-0.39, 0.29) is 25.7 Å². The van der Waals surface area contributed by atoms with E-state index in [1.54, 1.807) is 19.9 Å². The standard InChI is InChI=1S/C21H18NO.C18H24NSi.Ir/c1-13(2)18-11-19(22-12-14(18)3)17-9-6-8-16-15-7-4-5-10-20(15)23-21(16)17;1-14(2)11-16-12-17(15-9-7-6-8-10-15)19-13-18(16)20(3,4)5;/h4-8,10-13H,1-3H3;6-9,12-14H,11H2,1-5H3;/q2*-1;/i3D3,13D;;. The second kappa shape index (κ2) is 14.2. The molecule has 44 heavy (non-hydrogen) atoms. The second-order valence-electron chi connectivity index (χ2n) is 12.7. The summed E-state index contributed by atoms with van der Waals surface area (Å²) in [6.45, 7) is 12.8. The van der Waals surface area contributed by atoms with Gasteiger partial charge in [-0.15, -0.1) is 54.1 Å². The van der Waals surface area contributed by atoms with Crippen LogP contribution in [0.25, 0.3) is 44.5 Å². The molecule has 0 aliphatic heterocycles. The average molecular weight is 779 g/mol. The fourth-order valence-electron chi connectivity index (χ4n) is 5.37. The van der Waals surface area contributed by atoms with Gasteiger partial charge in [0.2, 0.25) is 0 Å². The van der Waals surface area contributed by atoms with E-state index in [2.05, 4.69) is 73.9 Å². The number of fused-ring (bicyclic) bond motifs is 3. The topological polar surface area (TPSA) is 38.9 Å². The van der Waals surface area contributed by atoms with E-state index in [4.69, 9.17) is 9.90 Å². The molecule has 0 saturated carbocycles. The van der Waals surface area contributed by atoms with Gasteiger partial charge in [0.05, 0.1) is 13.7 Å². The van der Waals surface area contributed by atoms with Crippen molar-refractivity contribution in [2.45, 2.75) is 66.5 Å². The molecule has 0 aliphatic carbocycles. The molecule has 0 amide bonds. The largest absolute Gasteiger partial charge is 0.501 e. The zero-order chi connectivity index (χ0) is 34.1. The Morgan fingerprint density at radius 2 is 1.61 bits per heavy atom. The third kappa shape index (κ3) is 7.46. The summed E-state index contributed by atoms with van der Waals surface area (Å²) in [6, 6.07) is 30.0. The van der Waals surface area contributed by atoms with Gasteiger partial charge in [0, 0.05) is 43.4 Å². The number of furan rings is 1.